The van der Waals surface area contributed by atoms with Gasteiger partial charge in [-0.3, -0.25) is 19.1 Å². The highest BCUT2D eigenvalue weighted by Crippen LogP contribution is 2.40. The number of nitrogens with zero attached hydrogens (tertiary/aromatic N) is 2. The Bertz CT molecular complexity index is 949. The van der Waals surface area contributed by atoms with Crippen LogP contribution in [-0.2, 0) is 4.74 Å². The van der Waals surface area contributed by atoms with Crippen LogP contribution in [0.1, 0.15) is 45.8 Å². The summed E-state index contributed by atoms with van der Waals surface area (Å²) in [7, 11) is 0. The third-order valence-corrected chi connectivity index (χ3v) is 6.44. The van der Waals surface area contributed by atoms with Crippen LogP contribution in [0.15, 0.2) is 9.59 Å². The smallest absolute Gasteiger partial charge is 0.311 e. The minimum atomic E-state index is -0.604. The molecular formula is C17H25N5O4S. The fourth-order valence-electron chi connectivity index (χ4n) is 3.85. The summed E-state index contributed by atoms with van der Waals surface area (Å²) in [5, 5.41) is 13.9. The van der Waals surface area contributed by atoms with Crippen molar-refractivity contribution < 1.29 is 9.84 Å². The number of nitrogens with two attached hydrogens (primary N) is 1. The quantitative estimate of drug-likeness (QED) is 0.561. The van der Waals surface area contributed by atoms with Crippen molar-refractivity contribution in [1.82, 2.24) is 19.9 Å². The molecule has 10 heteroatoms. The van der Waals surface area contributed by atoms with Gasteiger partial charge in [0.25, 0.3) is 5.56 Å². The van der Waals surface area contributed by atoms with Gasteiger partial charge in [0.1, 0.15) is 10.9 Å². The fourth-order valence-corrected chi connectivity index (χ4v) is 4.69. The van der Waals surface area contributed by atoms with E-state index in [4.69, 9.17) is 10.5 Å². The molecule has 9 nitrogen and oxygen atoms in total. The Morgan fingerprint density at radius 1 is 1.48 bits per heavy atom. The third kappa shape index (κ3) is 3.42. The van der Waals surface area contributed by atoms with Crippen molar-refractivity contribution in [2.24, 2.45) is 5.92 Å². The van der Waals surface area contributed by atoms with Gasteiger partial charge in [0.15, 0.2) is 5.65 Å². The average molecular weight is 395 g/mol. The number of anilines is 1. The van der Waals surface area contributed by atoms with Crippen molar-refractivity contribution in [2.75, 3.05) is 5.73 Å². The molecule has 2 aromatic rings. The summed E-state index contributed by atoms with van der Waals surface area (Å²) in [4.78, 5) is 31.2. The highest BCUT2D eigenvalue weighted by Gasteiger charge is 2.44. The molecule has 0 spiro atoms. The molecule has 2 aromatic heterocycles. The molecule has 27 heavy (non-hydrogen) atoms. The number of aliphatic hydroxyl groups excluding tert-OH is 1. The molecule has 5 N–H and O–H groups in total. The maximum absolute atomic E-state index is 12.7. The number of H-pyrrole nitrogens is 1. The molecule has 4 rings (SSSR count). The summed E-state index contributed by atoms with van der Waals surface area (Å²) in [5.41, 5.74) is 5.51. The Morgan fingerprint density at radius 3 is 2.89 bits per heavy atom. The first-order chi connectivity index (χ1) is 12.9. The minimum Gasteiger partial charge on any atom is -0.390 e. The zero-order chi connectivity index (χ0) is 19.3. The molecule has 5 atom stereocenters. The van der Waals surface area contributed by atoms with Gasteiger partial charge in [-0.05, 0) is 32.6 Å². The van der Waals surface area contributed by atoms with Crippen LogP contribution in [0.2, 0.25) is 0 Å². The highest BCUT2D eigenvalue weighted by atomic mass is 32.1. The Hall–Kier alpha value is -1.75. The largest absolute Gasteiger partial charge is 0.390 e. The summed E-state index contributed by atoms with van der Waals surface area (Å²) in [6.07, 6.45) is 1.92. The normalized spacial score (nSPS) is 27.9. The van der Waals surface area contributed by atoms with E-state index in [9.17, 15) is 14.7 Å². The van der Waals surface area contributed by atoms with Gasteiger partial charge in [0.2, 0.25) is 5.95 Å². The first-order valence-corrected chi connectivity index (χ1v) is 10.2. The van der Waals surface area contributed by atoms with Crippen LogP contribution in [-0.4, -0.2) is 43.9 Å². The van der Waals surface area contributed by atoms with E-state index in [1.54, 1.807) is 0 Å². The number of fused-ring (bicyclic) bond motifs is 1. The van der Waals surface area contributed by atoms with Crippen LogP contribution in [0.5, 0.6) is 0 Å². The van der Waals surface area contributed by atoms with E-state index < -0.39 is 17.9 Å². The van der Waals surface area contributed by atoms with Crippen molar-refractivity contribution in [3.8, 4) is 0 Å². The van der Waals surface area contributed by atoms with Crippen LogP contribution >= 0.6 is 11.3 Å². The van der Waals surface area contributed by atoms with Crippen molar-refractivity contribution in [2.45, 2.75) is 70.1 Å². The molecule has 1 aliphatic carbocycles. The monoisotopic (exact) mass is 395 g/mol. The number of aliphatic hydroxyl groups is 1. The van der Waals surface area contributed by atoms with Gasteiger partial charge in [-0.15, -0.1) is 0 Å². The van der Waals surface area contributed by atoms with Crippen LogP contribution in [0, 0.1) is 5.92 Å². The van der Waals surface area contributed by atoms with Crippen molar-refractivity contribution >= 4 is 27.6 Å². The number of nitrogens with one attached hydrogen (secondary N) is 2. The summed E-state index contributed by atoms with van der Waals surface area (Å²) < 4.78 is 7.82. The van der Waals surface area contributed by atoms with E-state index in [-0.39, 0.29) is 39.2 Å². The Morgan fingerprint density at radius 2 is 2.22 bits per heavy atom. The summed E-state index contributed by atoms with van der Waals surface area (Å²) >= 11 is 0.839. The molecule has 1 saturated heterocycles. The lowest BCUT2D eigenvalue weighted by Crippen LogP contribution is -2.39. The molecule has 0 radical (unpaired) electrons. The van der Waals surface area contributed by atoms with Gasteiger partial charge < -0.3 is 20.9 Å². The zero-order valence-electron chi connectivity index (χ0n) is 15.3. The second kappa shape index (κ2) is 7.01. The van der Waals surface area contributed by atoms with Crippen LogP contribution in [0.4, 0.5) is 5.95 Å². The number of nitrogen functional groups attached to an aromatic ring is 1. The van der Waals surface area contributed by atoms with Gasteiger partial charge in [-0.1, -0.05) is 18.3 Å². The molecule has 1 saturated carbocycles. The topological polar surface area (TPSA) is 135 Å². The molecule has 148 valence electrons. The van der Waals surface area contributed by atoms with Gasteiger partial charge in [-0.2, -0.15) is 4.98 Å². The number of rotatable bonds is 6. The summed E-state index contributed by atoms with van der Waals surface area (Å²) in [6, 6.07) is 0.598. The molecule has 3 heterocycles. The maximum atomic E-state index is 12.7. The zero-order valence-corrected chi connectivity index (χ0v) is 16.2. The Balaban J connectivity index is 1.76. The Labute approximate surface area is 159 Å². The number of hydrogen-bond acceptors (Lipinski definition) is 8. The number of ether oxygens (including phenoxy) is 1. The average Bonchev–Trinajstić information content (AvgIpc) is 3.22. The van der Waals surface area contributed by atoms with E-state index in [2.05, 4.69) is 22.2 Å². The molecule has 0 bridgehead atoms. The standard InChI is InChI=1S/C17H25N5O4S/c1-3-10(23)11-6-9(7(2)19-8-4-5-8)15(26-11)22-13-12(27-17(22)25)14(24)21-16(18)20-13/h7-11,15,19,23H,3-6H2,1-2H3,(H3,18,20,21,24)/t7?,9-,10?,11-,15+/m0/s1. The lowest BCUT2D eigenvalue weighted by molar-refractivity contribution is -0.0671. The lowest BCUT2D eigenvalue weighted by atomic mass is 9.93. The van der Waals surface area contributed by atoms with Gasteiger partial charge in [-0.25, -0.2) is 0 Å². The number of thiazole rings is 1. The van der Waals surface area contributed by atoms with E-state index in [0.717, 1.165) is 24.2 Å². The molecular weight excluding hydrogens is 370 g/mol. The van der Waals surface area contributed by atoms with Crippen LogP contribution < -0.4 is 21.5 Å². The van der Waals surface area contributed by atoms with Crippen LogP contribution in [0.25, 0.3) is 10.3 Å². The van der Waals surface area contributed by atoms with E-state index in [0.29, 0.717) is 18.9 Å². The van der Waals surface area contributed by atoms with E-state index in [1.807, 2.05) is 6.92 Å². The van der Waals surface area contributed by atoms with Crippen molar-refractivity contribution in [3.63, 3.8) is 0 Å². The van der Waals surface area contributed by atoms with Gasteiger partial charge in [0, 0.05) is 18.0 Å². The van der Waals surface area contributed by atoms with Crippen molar-refractivity contribution in [1.29, 1.82) is 0 Å². The molecule has 1 aliphatic heterocycles. The number of aromatic amines is 1. The molecule has 2 fully saturated rings. The van der Waals surface area contributed by atoms with Gasteiger partial charge in [0.05, 0.1) is 12.2 Å². The highest BCUT2D eigenvalue weighted by molar-refractivity contribution is 7.16. The van der Waals surface area contributed by atoms with E-state index in [1.165, 1.54) is 4.57 Å². The maximum Gasteiger partial charge on any atom is 0.311 e. The second-order valence-corrected chi connectivity index (χ2v) is 8.47. The van der Waals surface area contributed by atoms with Gasteiger partial charge >= 0.3 is 4.87 Å². The molecule has 0 amide bonds. The predicted octanol–water partition coefficient (Wildman–Crippen LogP) is 0.544. The fraction of sp³-hybridized carbons (Fsp3) is 0.706. The number of hydrogen-bond donors (Lipinski definition) is 4. The number of aromatic nitrogens is 3. The van der Waals surface area contributed by atoms with Crippen LogP contribution in [0.3, 0.4) is 0 Å². The molecule has 2 aliphatic rings. The molecule has 0 aromatic carbocycles. The second-order valence-electron chi connectivity index (χ2n) is 7.51. The minimum absolute atomic E-state index is 0.0328. The third-order valence-electron chi connectivity index (χ3n) is 5.50. The lowest BCUT2D eigenvalue weighted by Gasteiger charge is -2.26. The SMILES string of the molecule is CCC(O)[C@@H]1C[C@@H](C(C)NC2CC2)[C@H](n2c(=O)sc3c(=O)[nH]c(N)nc32)O1. The first kappa shape index (κ1) is 18.6. The Kier molecular flexibility index (Phi) is 4.83. The summed E-state index contributed by atoms with van der Waals surface area (Å²) in [6.45, 7) is 3.98. The molecule has 2 unspecified atom stereocenters. The first-order valence-electron chi connectivity index (χ1n) is 9.39. The summed E-state index contributed by atoms with van der Waals surface area (Å²) in [5.74, 6) is -0.0718. The van der Waals surface area contributed by atoms with E-state index >= 15 is 0 Å². The predicted molar refractivity (Wildman–Crippen MR) is 103 cm³/mol. The van der Waals surface area contributed by atoms with Crippen molar-refractivity contribution in [3.05, 3.63) is 20.0 Å².